The molecule has 6 aromatic heterocycles. The van der Waals surface area contributed by atoms with Crippen molar-refractivity contribution < 1.29 is 36.7 Å². The number of likely N-dealkylation sites (tertiary alicyclic amines) is 1. The molecule has 0 spiro atoms. The SMILES string of the molecule is COc1ccc2nc(-c3nc(-c4ccc(C(=O)N5CCC(N(C)C)CC5)c(F)c4)cnc3N)[nH]c2c1.Nc1ncc(-c2ccc(C(=O)N3CCCNCC3)cc2)nc1-c1nc2ccc(C(F)(F)F)cc2[nH]1.Nc1ncc(-c2ccc(C(=O)N3CCCNCC3)cc2)nc1-c1nc2ccccc2[nH]1. The van der Waals surface area contributed by atoms with E-state index < -0.39 is 17.6 Å². The van der Waals surface area contributed by atoms with E-state index in [1.165, 1.54) is 30.6 Å². The molecule has 3 saturated heterocycles. The highest BCUT2D eigenvalue weighted by Crippen LogP contribution is 2.35. The van der Waals surface area contributed by atoms with Crippen LogP contribution in [0.4, 0.5) is 35.0 Å². The molecule has 0 aliphatic carbocycles. The van der Waals surface area contributed by atoms with Gasteiger partial charge in [0.25, 0.3) is 17.7 Å². The van der Waals surface area contributed by atoms with Gasteiger partial charge in [-0.1, -0.05) is 42.5 Å². The molecule has 522 valence electrons. The number of amides is 3. The predicted octanol–water partition coefficient (Wildman–Crippen LogP) is 10.0. The van der Waals surface area contributed by atoms with Gasteiger partial charge >= 0.3 is 6.18 Å². The van der Waals surface area contributed by atoms with Crippen LogP contribution in [0.15, 0.2) is 146 Å². The Labute approximate surface area is 582 Å². The number of hydrogen-bond donors (Lipinski definition) is 8. The number of aromatic amines is 3. The van der Waals surface area contributed by atoms with Gasteiger partial charge in [-0.05, 0) is 132 Å². The number of carbonyl (C=O) groups is 3. The van der Waals surface area contributed by atoms with Crippen LogP contribution in [0.5, 0.6) is 5.75 Å². The molecule has 0 radical (unpaired) electrons. The predicted molar refractivity (Wildman–Crippen MR) is 382 cm³/mol. The number of nitrogens with zero attached hydrogens (tertiary/aromatic N) is 13. The summed E-state index contributed by atoms with van der Waals surface area (Å²) in [7, 11) is 5.67. The number of benzene rings is 6. The molecule has 3 aliphatic heterocycles. The third kappa shape index (κ3) is 15.3. The molecule has 29 heteroatoms. The monoisotopic (exact) mass is 1380 g/mol. The average molecular weight is 1380 g/mol. The second-order valence-electron chi connectivity index (χ2n) is 25.0. The minimum absolute atomic E-state index is 0.0233. The highest BCUT2D eigenvalue weighted by Gasteiger charge is 2.32. The zero-order chi connectivity index (χ0) is 71.2. The van der Waals surface area contributed by atoms with Crippen LogP contribution < -0.4 is 32.6 Å². The van der Waals surface area contributed by atoms with Gasteiger partial charge in [0.1, 0.15) is 28.6 Å². The summed E-state index contributed by atoms with van der Waals surface area (Å²) in [6.07, 6.45) is 3.78. The standard InChI is InChI=1S/C26H28FN7O2.C24H22F3N7O.C23H23N7O/c1-33(2)16-8-10-34(11-9-16)26(35)18-6-4-15(12-19(18)27)22-14-29-24(28)23(30-22)25-31-20-7-5-17(36-3)13-21(20)32-25;25-24(26,27)16-6-7-17-18(12-16)33-22(32-17)20-21(28)30-13-19(31-20)14-2-4-15(5-3-14)23(35)34-10-1-8-29-9-11-34;24-21-20(22-28-17-4-1-2-5-18(17)29-22)27-19(14-26-21)15-6-8-16(9-7-15)23(31)30-12-3-10-25-11-13-30/h4-7,12-14,16H,8-11H2,1-3H3,(H2,28,29)(H,31,32);2-7,12-13,29H,1,8-11H2,(H2,28,30)(H,32,33);1-2,4-9,14,25H,3,10-13H2,(H2,24,26)(H,28,29). The largest absolute Gasteiger partial charge is 0.497 e. The van der Waals surface area contributed by atoms with Crippen molar-refractivity contribution in [2.45, 2.75) is 37.9 Å². The van der Waals surface area contributed by atoms with Gasteiger partial charge in [0.2, 0.25) is 0 Å². The first-order chi connectivity index (χ1) is 49.3. The number of carbonyl (C=O) groups excluding carboxylic acids is 3. The van der Waals surface area contributed by atoms with E-state index in [1.54, 1.807) is 48.5 Å². The number of H-pyrrole nitrogens is 3. The highest BCUT2D eigenvalue weighted by molar-refractivity contribution is 5.97. The number of nitrogen functional groups attached to an aromatic ring is 3. The Morgan fingerprint density at radius 1 is 0.500 bits per heavy atom. The number of alkyl halides is 3. The van der Waals surface area contributed by atoms with Crippen LogP contribution in [0.25, 0.3) is 101 Å². The molecule has 3 amide bonds. The maximum absolute atomic E-state index is 15.1. The topological polar surface area (TPSA) is 339 Å². The van der Waals surface area contributed by atoms with E-state index >= 15 is 4.39 Å². The van der Waals surface area contributed by atoms with Crippen molar-refractivity contribution in [2.24, 2.45) is 0 Å². The number of anilines is 3. The number of rotatable bonds is 11. The minimum Gasteiger partial charge on any atom is -0.497 e. The van der Waals surface area contributed by atoms with E-state index in [4.69, 9.17) is 26.9 Å². The van der Waals surface area contributed by atoms with Crippen molar-refractivity contribution in [2.75, 3.05) is 104 Å². The fourth-order valence-corrected chi connectivity index (χ4v) is 12.4. The van der Waals surface area contributed by atoms with Gasteiger partial charge in [-0.3, -0.25) is 14.4 Å². The molecule has 102 heavy (non-hydrogen) atoms. The molecule has 12 aromatic rings. The lowest BCUT2D eigenvalue weighted by molar-refractivity contribution is -0.137. The van der Waals surface area contributed by atoms with E-state index in [0.29, 0.717) is 112 Å². The second-order valence-corrected chi connectivity index (χ2v) is 25.0. The second kappa shape index (κ2) is 29.9. The number of nitrogens with one attached hydrogen (secondary N) is 5. The maximum Gasteiger partial charge on any atom is 0.416 e. The number of imidazole rings is 3. The number of fused-ring (bicyclic) bond motifs is 3. The molecule has 3 fully saturated rings. The summed E-state index contributed by atoms with van der Waals surface area (Å²) >= 11 is 0. The highest BCUT2D eigenvalue weighted by atomic mass is 19.4. The number of nitrogens with two attached hydrogens (primary N) is 3. The van der Waals surface area contributed by atoms with Gasteiger partial charge in [0.05, 0.1) is 87.0 Å². The van der Waals surface area contributed by atoms with Crippen LogP contribution in [-0.4, -0.2) is 190 Å². The number of methoxy groups -OCH3 is 1. The van der Waals surface area contributed by atoms with Gasteiger partial charge < -0.3 is 67.1 Å². The minimum atomic E-state index is -4.46. The smallest absolute Gasteiger partial charge is 0.416 e. The Balaban J connectivity index is 0.000000137. The van der Waals surface area contributed by atoms with E-state index in [1.807, 2.05) is 90.6 Å². The molecule has 0 saturated carbocycles. The third-order valence-corrected chi connectivity index (χ3v) is 18.0. The lowest BCUT2D eigenvalue weighted by Crippen LogP contribution is -2.44. The Hall–Kier alpha value is -11.8. The Kier molecular flexibility index (Phi) is 20.2. The summed E-state index contributed by atoms with van der Waals surface area (Å²) in [6, 6.07) is 36.0. The van der Waals surface area contributed by atoms with E-state index in [9.17, 15) is 27.6 Å². The summed E-state index contributed by atoms with van der Waals surface area (Å²) in [4.78, 5) is 95.6. The molecule has 6 aromatic carbocycles. The molecule has 9 heterocycles. The third-order valence-electron chi connectivity index (χ3n) is 18.0. The zero-order valence-electron chi connectivity index (χ0n) is 56.0. The van der Waals surface area contributed by atoms with Crippen molar-refractivity contribution in [3.63, 3.8) is 0 Å². The van der Waals surface area contributed by atoms with Gasteiger partial charge in [0, 0.05) is 92.3 Å². The van der Waals surface area contributed by atoms with Crippen molar-refractivity contribution in [3.05, 3.63) is 174 Å². The van der Waals surface area contributed by atoms with Crippen molar-refractivity contribution in [1.82, 2.24) is 90.0 Å². The number of hydrogen-bond acceptors (Lipinski definition) is 19. The molecule has 25 nitrogen and oxygen atoms in total. The van der Waals surface area contributed by atoms with E-state index in [-0.39, 0.29) is 52.0 Å². The summed E-state index contributed by atoms with van der Waals surface area (Å²) in [5.41, 5.74) is 27.3. The van der Waals surface area contributed by atoms with E-state index in [2.05, 4.69) is 70.4 Å². The van der Waals surface area contributed by atoms with Crippen LogP contribution in [0.3, 0.4) is 0 Å². The molecule has 11 N–H and O–H groups in total. The number of piperidine rings is 1. The molecule has 0 unspecified atom stereocenters. The Bertz CT molecular complexity index is 4990. The fourth-order valence-electron chi connectivity index (χ4n) is 12.4. The van der Waals surface area contributed by atoms with E-state index in [0.717, 1.165) is 105 Å². The number of ether oxygens (including phenoxy) is 1. The summed E-state index contributed by atoms with van der Waals surface area (Å²) in [5.74, 6) is 1.67. The first-order valence-corrected chi connectivity index (χ1v) is 33.2. The number of para-hydroxylation sites is 2. The normalized spacial score (nSPS) is 14.6. The summed E-state index contributed by atoms with van der Waals surface area (Å²) in [5, 5.41) is 6.60. The van der Waals surface area contributed by atoms with Gasteiger partial charge in [0.15, 0.2) is 34.9 Å². The van der Waals surface area contributed by atoms with Crippen LogP contribution >= 0.6 is 0 Å². The lowest BCUT2D eigenvalue weighted by Gasteiger charge is -2.35. The lowest BCUT2D eigenvalue weighted by atomic mass is 10.0. The number of aromatic nitrogens is 12. The number of halogens is 4. The molecular weight excluding hydrogens is 1310 g/mol. The van der Waals surface area contributed by atoms with Crippen molar-refractivity contribution in [3.8, 4) is 74.1 Å². The Morgan fingerprint density at radius 2 is 0.951 bits per heavy atom. The van der Waals surface area contributed by atoms with Crippen LogP contribution in [0.1, 0.15) is 62.3 Å². The van der Waals surface area contributed by atoms with Gasteiger partial charge in [-0.15, -0.1) is 0 Å². The molecule has 15 rings (SSSR count). The quantitative estimate of drug-likeness (QED) is 0.0558. The summed E-state index contributed by atoms with van der Waals surface area (Å²) in [6.45, 7) is 7.54. The first-order valence-electron chi connectivity index (χ1n) is 33.2. The van der Waals surface area contributed by atoms with Gasteiger partial charge in [-0.2, -0.15) is 13.2 Å². The molecule has 0 bridgehead atoms. The fraction of sp³-hybridized carbons (Fsp3) is 0.260. The first kappa shape index (κ1) is 68.7. The van der Waals surface area contributed by atoms with Crippen LogP contribution in [0, 0.1) is 5.82 Å². The molecule has 0 atom stereocenters. The molecular formula is C73H73F4N21O4. The van der Waals surface area contributed by atoms with Gasteiger partial charge in [-0.25, -0.2) is 49.2 Å². The van der Waals surface area contributed by atoms with Crippen molar-refractivity contribution in [1.29, 1.82) is 0 Å². The summed E-state index contributed by atoms with van der Waals surface area (Å²) < 4.78 is 59.5. The van der Waals surface area contributed by atoms with Crippen LogP contribution in [-0.2, 0) is 6.18 Å². The average Bonchev–Trinajstić information content (AvgIpc) is 1.59. The Morgan fingerprint density at radius 3 is 1.43 bits per heavy atom. The zero-order valence-corrected chi connectivity index (χ0v) is 56.0. The van der Waals surface area contributed by atoms with Crippen molar-refractivity contribution >= 4 is 68.3 Å². The maximum atomic E-state index is 15.1. The van der Waals surface area contributed by atoms with Crippen LogP contribution in [0.2, 0.25) is 0 Å². The molecule has 3 aliphatic rings.